The summed E-state index contributed by atoms with van der Waals surface area (Å²) in [6.07, 6.45) is 5.97. The Morgan fingerprint density at radius 2 is 1.90 bits per heavy atom. The number of ether oxygens (including phenoxy) is 1. The molecule has 0 aliphatic carbocycles. The second kappa shape index (κ2) is 9.17. The molecule has 3 aliphatic rings. The van der Waals surface area contributed by atoms with Crippen molar-refractivity contribution < 1.29 is 18.1 Å². The van der Waals surface area contributed by atoms with Crippen LogP contribution in [0.15, 0.2) is 23.1 Å². The first-order valence-electron chi connectivity index (χ1n) is 10.8. The predicted molar refractivity (Wildman–Crippen MR) is 113 cm³/mol. The van der Waals surface area contributed by atoms with Crippen LogP contribution in [0.3, 0.4) is 0 Å². The summed E-state index contributed by atoms with van der Waals surface area (Å²) in [5.41, 5.74) is 0.0997. The quantitative estimate of drug-likeness (QED) is 0.537. The maximum Gasteiger partial charge on any atom is 0.293 e. The van der Waals surface area contributed by atoms with E-state index in [1.54, 1.807) is 0 Å². The van der Waals surface area contributed by atoms with Gasteiger partial charge < -0.3 is 10.1 Å². The third kappa shape index (κ3) is 4.61. The van der Waals surface area contributed by atoms with E-state index in [0.29, 0.717) is 38.0 Å². The summed E-state index contributed by atoms with van der Waals surface area (Å²) in [6.45, 7) is 3.96. The first-order valence-corrected chi connectivity index (χ1v) is 12.3. The van der Waals surface area contributed by atoms with Crippen LogP contribution in [0.5, 0.6) is 0 Å². The minimum absolute atomic E-state index is 0.0181. The van der Waals surface area contributed by atoms with E-state index in [2.05, 4.69) is 10.2 Å². The Morgan fingerprint density at radius 1 is 1.13 bits per heavy atom. The molecule has 10 heteroatoms. The van der Waals surface area contributed by atoms with Crippen molar-refractivity contribution in [3.05, 3.63) is 28.3 Å². The van der Waals surface area contributed by atoms with E-state index < -0.39 is 14.9 Å². The number of hydrogen-bond donors (Lipinski definition) is 1. The third-order valence-corrected chi connectivity index (χ3v) is 8.25. The third-order valence-electron chi connectivity index (χ3n) is 6.35. The Bertz CT molecular complexity index is 870. The summed E-state index contributed by atoms with van der Waals surface area (Å²) in [4.78, 5) is 13.5. The van der Waals surface area contributed by atoms with Gasteiger partial charge in [-0.3, -0.25) is 15.0 Å². The van der Waals surface area contributed by atoms with Crippen molar-refractivity contribution in [1.29, 1.82) is 0 Å². The molecule has 3 saturated heterocycles. The molecule has 3 heterocycles. The van der Waals surface area contributed by atoms with Gasteiger partial charge in [-0.2, -0.15) is 4.31 Å². The van der Waals surface area contributed by atoms with Crippen LogP contribution in [0.2, 0.25) is 0 Å². The number of nitrogens with zero attached hydrogens (tertiary/aromatic N) is 3. The topological polar surface area (TPSA) is 105 Å². The van der Waals surface area contributed by atoms with Crippen molar-refractivity contribution in [2.45, 2.75) is 55.6 Å². The van der Waals surface area contributed by atoms with Gasteiger partial charge in [0, 0.05) is 38.3 Å². The summed E-state index contributed by atoms with van der Waals surface area (Å²) in [6, 6.07) is 4.65. The fourth-order valence-electron chi connectivity index (χ4n) is 4.64. The number of nitro benzene ring substituents is 1. The number of sulfonamides is 1. The molecule has 30 heavy (non-hydrogen) atoms. The Balaban J connectivity index is 1.47. The number of benzene rings is 1. The number of hydrogen-bond acceptors (Lipinski definition) is 7. The molecule has 9 nitrogen and oxygen atoms in total. The molecule has 1 N–H and O–H groups in total. The second-order valence-electron chi connectivity index (χ2n) is 8.38. The van der Waals surface area contributed by atoms with Gasteiger partial charge in [-0.05, 0) is 44.4 Å². The van der Waals surface area contributed by atoms with Gasteiger partial charge in [-0.1, -0.05) is 12.8 Å². The van der Waals surface area contributed by atoms with E-state index in [1.165, 1.54) is 35.3 Å². The summed E-state index contributed by atoms with van der Waals surface area (Å²) in [5, 5.41) is 14.8. The highest BCUT2D eigenvalue weighted by Gasteiger charge is 2.33. The highest BCUT2D eigenvalue weighted by Crippen LogP contribution is 2.30. The average molecular weight is 439 g/mol. The zero-order valence-corrected chi connectivity index (χ0v) is 18.0. The summed E-state index contributed by atoms with van der Waals surface area (Å²) < 4.78 is 33.3. The number of nitrogens with one attached hydrogen (secondary N) is 1. The van der Waals surface area contributed by atoms with E-state index >= 15 is 0 Å². The smallest absolute Gasteiger partial charge is 0.293 e. The van der Waals surface area contributed by atoms with E-state index in [0.717, 1.165) is 38.8 Å². The zero-order chi connectivity index (χ0) is 21.1. The zero-order valence-electron chi connectivity index (χ0n) is 17.2. The lowest BCUT2D eigenvalue weighted by Crippen LogP contribution is -2.48. The van der Waals surface area contributed by atoms with Crippen LogP contribution in [0, 0.1) is 10.1 Å². The molecule has 1 aromatic carbocycles. The molecule has 0 aromatic heterocycles. The van der Waals surface area contributed by atoms with Crippen LogP contribution in [0.25, 0.3) is 0 Å². The van der Waals surface area contributed by atoms with Crippen molar-refractivity contribution in [2.75, 3.05) is 44.6 Å². The van der Waals surface area contributed by atoms with E-state index in [1.807, 2.05) is 0 Å². The van der Waals surface area contributed by atoms with Crippen LogP contribution in [-0.4, -0.2) is 74.0 Å². The van der Waals surface area contributed by atoms with Crippen LogP contribution in [0.1, 0.15) is 38.5 Å². The van der Waals surface area contributed by atoms with Crippen LogP contribution < -0.4 is 5.32 Å². The maximum atomic E-state index is 13.0. The SMILES string of the molecule is O=[N+]([O-])c1cc(S(=O)(=O)N2CCCCCC2)ccc1NC[C@H]1CN2CCC[C@H]2CO1. The van der Waals surface area contributed by atoms with Gasteiger partial charge in [-0.15, -0.1) is 0 Å². The molecule has 166 valence electrons. The van der Waals surface area contributed by atoms with Crippen molar-refractivity contribution >= 4 is 21.4 Å². The van der Waals surface area contributed by atoms with Gasteiger partial charge in [0.25, 0.3) is 5.69 Å². The highest BCUT2D eigenvalue weighted by atomic mass is 32.2. The monoisotopic (exact) mass is 438 g/mol. The Labute approximate surface area is 177 Å². The Hall–Kier alpha value is -1.75. The number of fused-ring (bicyclic) bond motifs is 1. The molecule has 2 atom stereocenters. The summed E-state index contributed by atoms with van der Waals surface area (Å²) in [7, 11) is -3.73. The van der Waals surface area contributed by atoms with Crippen LogP contribution >= 0.6 is 0 Å². The first kappa shape index (κ1) is 21.5. The lowest BCUT2D eigenvalue weighted by atomic mass is 10.2. The lowest BCUT2D eigenvalue weighted by molar-refractivity contribution is -0.384. The van der Waals surface area contributed by atoms with Gasteiger partial charge in [0.1, 0.15) is 5.69 Å². The van der Waals surface area contributed by atoms with E-state index in [9.17, 15) is 18.5 Å². The van der Waals surface area contributed by atoms with Crippen LogP contribution in [0.4, 0.5) is 11.4 Å². The van der Waals surface area contributed by atoms with Crippen molar-refractivity contribution in [3.63, 3.8) is 0 Å². The number of morpholine rings is 1. The van der Waals surface area contributed by atoms with E-state index in [-0.39, 0.29) is 16.7 Å². The molecular formula is C20H30N4O5S. The molecule has 1 aromatic rings. The molecule has 0 radical (unpaired) electrons. The number of nitro groups is 1. The van der Waals surface area contributed by atoms with E-state index in [4.69, 9.17) is 4.74 Å². The highest BCUT2D eigenvalue weighted by molar-refractivity contribution is 7.89. The normalized spacial score (nSPS) is 26.1. The van der Waals surface area contributed by atoms with Gasteiger partial charge >= 0.3 is 0 Å². The molecule has 0 saturated carbocycles. The average Bonchev–Trinajstić information content (AvgIpc) is 3.02. The molecule has 3 fully saturated rings. The standard InChI is InChI=1S/C20H30N4O5S/c25-24(26)20-12-18(30(27,28)23-10-3-1-2-4-11-23)7-8-19(20)21-13-17-14-22-9-5-6-16(22)15-29-17/h7-8,12,16-17,21H,1-6,9-11,13-15H2/t16-,17-/m0/s1. The Kier molecular flexibility index (Phi) is 6.57. The molecule has 3 aliphatic heterocycles. The van der Waals surface area contributed by atoms with Gasteiger partial charge in [-0.25, -0.2) is 8.42 Å². The second-order valence-corrected chi connectivity index (χ2v) is 10.3. The summed E-state index contributed by atoms with van der Waals surface area (Å²) in [5.74, 6) is 0. The predicted octanol–water partition coefficient (Wildman–Crippen LogP) is 2.43. The minimum atomic E-state index is -3.73. The summed E-state index contributed by atoms with van der Waals surface area (Å²) >= 11 is 0. The number of anilines is 1. The molecule has 0 unspecified atom stereocenters. The molecule has 0 amide bonds. The fraction of sp³-hybridized carbons (Fsp3) is 0.700. The van der Waals surface area contributed by atoms with Crippen molar-refractivity contribution in [2.24, 2.45) is 0 Å². The lowest BCUT2D eigenvalue weighted by Gasteiger charge is -2.35. The Morgan fingerprint density at radius 3 is 2.63 bits per heavy atom. The molecule has 0 bridgehead atoms. The molecular weight excluding hydrogens is 408 g/mol. The largest absolute Gasteiger partial charge is 0.377 e. The number of rotatable bonds is 6. The van der Waals surface area contributed by atoms with Gasteiger partial charge in [0.2, 0.25) is 10.0 Å². The maximum absolute atomic E-state index is 13.0. The fourth-order valence-corrected chi connectivity index (χ4v) is 6.17. The molecule has 4 rings (SSSR count). The van der Waals surface area contributed by atoms with Crippen molar-refractivity contribution in [1.82, 2.24) is 9.21 Å². The van der Waals surface area contributed by atoms with Gasteiger partial charge in [0.05, 0.1) is 22.5 Å². The van der Waals surface area contributed by atoms with Crippen LogP contribution in [-0.2, 0) is 14.8 Å². The molecule has 0 spiro atoms. The minimum Gasteiger partial charge on any atom is -0.377 e. The first-order chi connectivity index (χ1) is 14.4. The van der Waals surface area contributed by atoms with Gasteiger partial charge in [0.15, 0.2) is 0 Å². The van der Waals surface area contributed by atoms with Crippen molar-refractivity contribution in [3.8, 4) is 0 Å².